The lowest BCUT2D eigenvalue weighted by molar-refractivity contribution is -0.697. The Bertz CT molecular complexity index is 1230. The molecule has 0 aromatic carbocycles. The fourth-order valence-electron chi connectivity index (χ4n) is 5.42. The van der Waals surface area contributed by atoms with Gasteiger partial charge >= 0.3 is 7.25 Å². The van der Waals surface area contributed by atoms with Crippen LogP contribution in [0, 0.1) is 0 Å². The Hall–Kier alpha value is -3.43. The zero-order valence-electron chi connectivity index (χ0n) is 36.5. The smallest absolute Gasteiger partial charge is 0.673 e. The van der Waals surface area contributed by atoms with Crippen LogP contribution in [0.3, 0.4) is 0 Å². The van der Waals surface area contributed by atoms with Gasteiger partial charge in [0.15, 0.2) is 0 Å². The van der Waals surface area contributed by atoms with Crippen molar-refractivity contribution < 1.29 is 50.6 Å². The standard InChI is InChI=1S/4C10H19N2.BF4.BO3/c4*1-3-4-5-6-7-12-9-8-11(2)10-12;2-1(3,4)5;2-1(3)4/h4*8-10H,3-7H2,1-2H3;;/q4*+1;-1;-3. The fourth-order valence-corrected chi connectivity index (χ4v) is 5.42. The first-order chi connectivity index (χ1) is 27.0. The second kappa shape index (κ2) is 36.9. The molecule has 4 heterocycles. The van der Waals surface area contributed by atoms with E-state index in [-0.39, 0.29) is 0 Å². The summed E-state index contributed by atoms with van der Waals surface area (Å²) in [6.07, 6.45) is 46.8. The number of rotatable bonds is 20. The van der Waals surface area contributed by atoms with Gasteiger partial charge in [-0.25, -0.2) is 36.5 Å². The van der Waals surface area contributed by atoms with Crippen molar-refractivity contribution in [3.05, 3.63) is 74.9 Å². The van der Waals surface area contributed by atoms with Gasteiger partial charge in [-0.3, -0.25) is 7.32 Å². The molecule has 0 N–H and O–H groups in total. The first kappa shape index (κ1) is 55.7. The maximum absolute atomic E-state index is 9.75. The van der Waals surface area contributed by atoms with Gasteiger partial charge in [0.2, 0.25) is 25.3 Å². The molecule has 11 nitrogen and oxygen atoms in total. The van der Waals surface area contributed by atoms with Gasteiger partial charge in [0, 0.05) is 0 Å². The Morgan fingerprint density at radius 2 is 0.579 bits per heavy atom. The Kier molecular flexibility index (Phi) is 36.0. The van der Waals surface area contributed by atoms with E-state index in [1.165, 1.54) is 129 Å². The zero-order valence-corrected chi connectivity index (χ0v) is 36.5. The number of aryl methyl sites for hydroxylation is 8. The Morgan fingerprint density at radius 3 is 0.702 bits per heavy atom. The van der Waals surface area contributed by atoms with E-state index in [0.717, 1.165) is 0 Å². The molecule has 0 unspecified atom stereocenters. The third-order valence-electron chi connectivity index (χ3n) is 8.37. The summed E-state index contributed by atoms with van der Waals surface area (Å²) in [6, 6.07) is 0. The van der Waals surface area contributed by atoms with Crippen LogP contribution in [-0.2, 0) is 54.4 Å². The van der Waals surface area contributed by atoms with Crippen molar-refractivity contribution in [2.45, 2.75) is 157 Å². The minimum absolute atomic E-state index is 1.17. The van der Waals surface area contributed by atoms with Gasteiger partial charge in [-0.05, 0) is 51.4 Å². The normalized spacial score (nSPS) is 10.4. The zero-order chi connectivity index (χ0) is 43.3. The van der Waals surface area contributed by atoms with E-state index in [1.54, 1.807) is 0 Å². The molecule has 17 heteroatoms. The lowest BCUT2D eigenvalue weighted by Gasteiger charge is -2.35. The van der Waals surface area contributed by atoms with Crippen molar-refractivity contribution in [3.63, 3.8) is 0 Å². The molecule has 4 aromatic heterocycles. The number of unbranched alkanes of at least 4 members (excludes halogenated alkanes) is 12. The van der Waals surface area contributed by atoms with E-state index in [0.29, 0.717) is 0 Å². The molecule has 0 spiro atoms. The van der Waals surface area contributed by atoms with E-state index >= 15 is 0 Å². The van der Waals surface area contributed by atoms with Crippen LogP contribution in [0.1, 0.15) is 130 Å². The molecule has 0 radical (unpaired) electrons. The van der Waals surface area contributed by atoms with Gasteiger partial charge in [-0.1, -0.05) is 79.1 Å². The fraction of sp³-hybridized carbons (Fsp3) is 0.700. The van der Waals surface area contributed by atoms with Crippen LogP contribution < -0.4 is 33.3 Å². The molecule has 328 valence electrons. The number of nitrogens with zero attached hydrogens (tertiary/aromatic N) is 8. The van der Waals surface area contributed by atoms with Crippen molar-refractivity contribution in [1.82, 2.24) is 18.3 Å². The Balaban J connectivity index is 0. The quantitative estimate of drug-likeness (QED) is 0.0548. The number of imidazole rings is 4. The van der Waals surface area contributed by atoms with Crippen molar-refractivity contribution in [2.24, 2.45) is 28.2 Å². The van der Waals surface area contributed by atoms with Crippen molar-refractivity contribution in [1.29, 1.82) is 0 Å². The lowest BCUT2D eigenvalue weighted by Crippen LogP contribution is -2.56. The average Bonchev–Trinajstić information content (AvgIpc) is 3.95. The summed E-state index contributed by atoms with van der Waals surface area (Å²) >= 11 is 0. The number of halogens is 4. The minimum atomic E-state index is -6.00. The lowest BCUT2D eigenvalue weighted by atomic mass is 10.2. The van der Waals surface area contributed by atoms with Crippen molar-refractivity contribution in [3.8, 4) is 0 Å². The molecule has 4 aromatic rings. The molecule has 0 bridgehead atoms. The van der Waals surface area contributed by atoms with E-state index in [9.17, 15) is 17.3 Å². The van der Waals surface area contributed by atoms with Crippen LogP contribution in [0.15, 0.2) is 74.9 Å². The molecule has 0 fully saturated rings. The van der Waals surface area contributed by atoms with Crippen molar-refractivity contribution in [2.75, 3.05) is 0 Å². The Labute approximate surface area is 342 Å². The largest absolute Gasteiger partial charge is 0.907 e. The number of aromatic nitrogens is 8. The average molecular weight is 815 g/mol. The topological polar surface area (TPSA) is 104 Å². The van der Waals surface area contributed by atoms with Crippen LogP contribution in [0.2, 0.25) is 0 Å². The summed E-state index contributed by atoms with van der Waals surface area (Å²) in [7, 11) is -0.684. The third kappa shape index (κ3) is 42.0. The van der Waals surface area contributed by atoms with Crippen LogP contribution in [0.25, 0.3) is 0 Å². The van der Waals surface area contributed by atoms with Crippen LogP contribution >= 0.6 is 0 Å². The van der Waals surface area contributed by atoms with E-state index < -0.39 is 14.6 Å². The molecule has 0 aliphatic carbocycles. The predicted molar refractivity (Wildman–Crippen MR) is 215 cm³/mol. The molecule has 0 saturated carbocycles. The second-order valence-electron chi connectivity index (χ2n) is 14.3. The maximum Gasteiger partial charge on any atom is 0.673 e. The van der Waals surface area contributed by atoms with Crippen LogP contribution in [0.4, 0.5) is 17.3 Å². The number of hydrogen-bond donors (Lipinski definition) is 0. The van der Waals surface area contributed by atoms with Gasteiger partial charge in [0.05, 0.1) is 54.4 Å². The summed E-state index contributed by atoms with van der Waals surface area (Å²) in [5, 5.41) is 25.2. The molecule has 0 aliphatic rings. The SMILES string of the molecule is CCCCCC[n+]1ccn(C)c1.CCCCCC[n+]1ccn(C)c1.CCCCCC[n+]1ccn(C)c1.CCCCCC[n+]1ccn(C)c1.F[B-](F)(F)F.[O-]B([O-])[O-]. The van der Waals surface area contributed by atoms with Crippen molar-refractivity contribution >= 4 is 14.6 Å². The molecule has 57 heavy (non-hydrogen) atoms. The summed E-state index contributed by atoms with van der Waals surface area (Å²) in [5.74, 6) is 0. The van der Waals surface area contributed by atoms with Gasteiger partial charge in [0.1, 0.15) is 49.6 Å². The summed E-state index contributed by atoms with van der Waals surface area (Å²) < 4.78 is 56.3. The maximum atomic E-state index is 9.75. The van der Waals surface area contributed by atoms with E-state index in [2.05, 4.69) is 167 Å². The highest BCUT2D eigenvalue weighted by atomic mass is 19.5. The first-order valence-electron chi connectivity index (χ1n) is 20.9. The summed E-state index contributed by atoms with van der Waals surface area (Å²) in [6.45, 7) is 13.7. The molecular formula is C40H76B2F4N8O3. The minimum Gasteiger partial charge on any atom is -0.907 e. The summed E-state index contributed by atoms with van der Waals surface area (Å²) in [5.41, 5.74) is 0. The highest BCUT2D eigenvalue weighted by molar-refractivity contribution is 6.50. The van der Waals surface area contributed by atoms with Gasteiger partial charge in [-0.2, -0.15) is 0 Å². The van der Waals surface area contributed by atoms with Crippen LogP contribution in [-0.4, -0.2) is 32.8 Å². The Morgan fingerprint density at radius 1 is 0.404 bits per heavy atom. The molecule has 0 atom stereocenters. The van der Waals surface area contributed by atoms with Crippen LogP contribution in [0.5, 0.6) is 0 Å². The number of hydrogen-bond acceptors (Lipinski definition) is 3. The molecule has 4 rings (SSSR count). The first-order valence-corrected chi connectivity index (χ1v) is 20.9. The van der Waals surface area contributed by atoms with Gasteiger partial charge in [-0.15, -0.1) is 0 Å². The molecule has 0 amide bonds. The summed E-state index contributed by atoms with van der Waals surface area (Å²) in [4.78, 5) is 0. The third-order valence-corrected chi connectivity index (χ3v) is 8.37. The van der Waals surface area contributed by atoms with Gasteiger partial charge in [0.25, 0.3) is 0 Å². The predicted octanol–water partition coefficient (Wildman–Crippen LogP) is 4.92. The monoisotopic (exact) mass is 815 g/mol. The highest BCUT2D eigenvalue weighted by Crippen LogP contribution is 2.06. The molecule has 0 aliphatic heterocycles. The molecule has 0 saturated heterocycles. The second-order valence-corrected chi connectivity index (χ2v) is 14.3. The van der Waals surface area contributed by atoms with E-state index in [4.69, 9.17) is 15.1 Å². The van der Waals surface area contributed by atoms with Gasteiger partial charge < -0.3 is 32.3 Å². The highest BCUT2D eigenvalue weighted by Gasteiger charge is 2.20. The van der Waals surface area contributed by atoms with E-state index in [1.807, 2.05) is 0 Å². The molecular weight excluding hydrogens is 738 g/mol.